The molecule has 1 aliphatic heterocycles. The third-order valence-electron chi connectivity index (χ3n) is 3.60. The minimum atomic E-state index is 0.333. The van der Waals surface area contributed by atoms with Crippen LogP contribution in [0.3, 0.4) is 0 Å². The third-order valence-corrected chi connectivity index (χ3v) is 3.60. The molecule has 1 heterocycles. The first-order chi connectivity index (χ1) is 9.70. The molecule has 0 saturated heterocycles. The summed E-state index contributed by atoms with van der Waals surface area (Å²) in [4.78, 5) is 0. The molecule has 2 rings (SSSR count). The SMILES string of the molecule is CCCNC1COc2cc(OCCCC(C)C)ccc21. The van der Waals surface area contributed by atoms with E-state index < -0.39 is 0 Å². The van der Waals surface area contributed by atoms with Gasteiger partial charge in [0, 0.05) is 11.6 Å². The molecule has 1 unspecified atom stereocenters. The average Bonchev–Trinajstić information content (AvgIpc) is 2.83. The number of fused-ring (bicyclic) bond motifs is 1. The van der Waals surface area contributed by atoms with Crippen molar-refractivity contribution in [1.29, 1.82) is 0 Å². The quantitative estimate of drug-likeness (QED) is 0.730. The van der Waals surface area contributed by atoms with E-state index in [1.54, 1.807) is 0 Å². The van der Waals surface area contributed by atoms with E-state index in [9.17, 15) is 0 Å². The maximum atomic E-state index is 5.80. The van der Waals surface area contributed by atoms with Crippen molar-refractivity contribution in [2.75, 3.05) is 19.8 Å². The Morgan fingerprint density at radius 3 is 3.00 bits per heavy atom. The lowest BCUT2D eigenvalue weighted by Crippen LogP contribution is -2.22. The van der Waals surface area contributed by atoms with Crippen LogP contribution in [0.15, 0.2) is 18.2 Å². The molecule has 3 nitrogen and oxygen atoms in total. The van der Waals surface area contributed by atoms with Gasteiger partial charge < -0.3 is 14.8 Å². The van der Waals surface area contributed by atoms with Gasteiger partial charge in [-0.2, -0.15) is 0 Å². The predicted molar refractivity (Wildman–Crippen MR) is 82.5 cm³/mol. The highest BCUT2D eigenvalue weighted by Gasteiger charge is 2.23. The highest BCUT2D eigenvalue weighted by molar-refractivity contribution is 5.45. The standard InChI is InChI=1S/C17H27NO2/c1-4-9-18-16-12-20-17-11-14(7-8-15(16)17)19-10-5-6-13(2)3/h7-8,11,13,16,18H,4-6,9-10,12H2,1-3H3. The molecular weight excluding hydrogens is 250 g/mol. The lowest BCUT2D eigenvalue weighted by Gasteiger charge is -2.11. The zero-order valence-electron chi connectivity index (χ0n) is 12.9. The van der Waals surface area contributed by atoms with E-state index in [1.165, 1.54) is 12.0 Å². The topological polar surface area (TPSA) is 30.5 Å². The Hall–Kier alpha value is -1.22. The molecule has 20 heavy (non-hydrogen) atoms. The minimum Gasteiger partial charge on any atom is -0.493 e. The number of ether oxygens (including phenoxy) is 2. The predicted octanol–water partition coefficient (Wildman–Crippen LogP) is 3.93. The van der Waals surface area contributed by atoms with Crippen LogP contribution in [0.25, 0.3) is 0 Å². The molecule has 3 heteroatoms. The van der Waals surface area contributed by atoms with Crippen LogP contribution in [-0.2, 0) is 0 Å². The molecule has 1 atom stereocenters. The van der Waals surface area contributed by atoms with Gasteiger partial charge in [-0.1, -0.05) is 20.8 Å². The summed E-state index contributed by atoms with van der Waals surface area (Å²) in [5.74, 6) is 2.64. The summed E-state index contributed by atoms with van der Waals surface area (Å²) in [6.07, 6.45) is 3.46. The van der Waals surface area contributed by atoms with Crippen LogP contribution in [0.1, 0.15) is 51.6 Å². The third kappa shape index (κ3) is 4.14. The minimum absolute atomic E-state index is 0.333. The van der Waals surface area contributed by atoms with Crippen molar-refractivity contribution in [3.8, 4) is 11.5 Å². The second-order valence-corrected chi connectivity index (χ2v) is 5.90. The molecule has 0 aliphatic carbocycles. The molecule has 0 bridgehead atoms. The maximum Gasteiger partial charge on any atom is 0.127 e. The number of nitrogens with one attached hydrogen (secondary N) is 1. The molecule has 0 spiro atoms. The normalized spacial score (nSPS) is 17.1. The fourth-order valence-corrected chi connectivity index (χ4v) is 2.45. The average molecular weight is 277 g/mol. The molecule has 1 aromatic carbocycles. The van der Waals surface area contributed by atoms with Crippen LogP contribution in [0.5, 0.6) is 11.5 Å². The van der Waals surface area contributed by atoms with Crippen molar-refractivity contribution < 1.29 is 9.47 Å². The number of rotatable bonds is 8. The molecular formula is C17H27NO2. The van der Waals surface area contributed by atoms with E-state index >= 15 is 0 Å². The van der Waals surface area contributed by atoms with Crippen molar-refractivity contribution >= 4 is 0 Å². The monoisotopic (exact) mass is 277 g/mol. The van der Waals surface area contributed by atoms with E-state index in [2.05, 4.69) is 38.2 Å². The first kappa shape index (κ1) is 15.2. The lowest BCUT2D eigenvalue weighted by atomic mass is 10.1. The molecule has 1 aliphatic rings. The fourth-order valence-electron chi connectivity index (χ4n) is 2.45. The van der Waals surface area contributed by atoms with Crippen molar-refractivity contribution in [3.05, 3.63) is 23.8 Å². The molecule has 1 aromatic rings. The Morgan fingerprint density at radius 1 is 1.40 bits per heavy atom. The van der Waals surface area contributed by atoms with Crippen molar-refractivity contribution in [1.82, 2.24) is 5.32 Å². The Bertz CT molecular complexity index is 417. The van der Waals surface area contributed by atoms with E-state index in [0.29, 0.717) is 6.04 Å². The molecule has 0 aromatic heterocycles. The molecule has 0 saturated carbocycles. The zero-order chi connectivity index (χ0) is 14.4. The zero-order valence-corrected chi connectivity index (χ0v) is 12.9. The molecule has 0 fully saturated rings. The summed E-state index contributed by atoms with van der Waals surface area (Å²) in [6, 6.07) is 6.55. The van der Waals surface area contributed by atoms with Gasteiger partial charge in [0.05, 0.1) is 12.6 Å². The van der Waals surface area contributed by atoms with E-state index in [1.807, 2.05) is 6.07 Å². The van der Waals surface area contributed by atoms with Gasteiger partial charge >= 0.3 is 0 Å². The second kappa shape index (κ2) is 7.53. The fraction of sp³-hybridized carbons (Fsp3) is 0.647. The molecule has 0 amide bonds. The van der Waals surface area contributed by atoms with Crippen LogP contribution in [0.4, 0.5) is 0 Å². The van der Waals surface area contributed by atoms with Gasteiger partial charge in [-0.05, 0) is 43.9 Å². The highest BCUT2D eigenvalue weighted by atomic mass is 16.5. The van der Waals surface area contributed by atoms with Crippen LogP contribution >= 0.6 is 0 Å². The van der Waals surface area contributed by atoms with Crippen molar-refractivity contribution in [3.63, 3.8) is 0 Å². The molecule has 0 radical (unpaired) electrons. The summed E-state index contributed by atoms with van der Waals surface area (Å²) in [6.45, 7) is 9.21. The largest absolute Gasteiger partial charge is 0.493 e. The first-order valence-electron chi connectivity index (χ1n) is 7.83. The first-order valence-corrected chi connectivity index (χ1v) is 7.83. The van der Waals surface area contributed by atoms with Gasteiger partial charge in [-0.25, -0.2) is 0 Å². The van der Waals surface area contributed by atoms with Gasteiger partial charge in [0.2, 0.25) is 0 Å². The van der Waals surface area contributed by atoms with E-state index in [4.69, 9.17) is 9.47 Å². The van der Waals surface area contributed by atoms with Gasteiger partial charge in [-0.3, -0.25) is 0 Å². The van der Waals surface area contributed by atoms with E-state index in [0.717, 1.165) is 50.0 Å². The van der Waals surface area contributed by atoms with Gasteiger partial charge in [0.1, 0.15) is 18.1 Å². The van der Waals surface area contributed by atoms with E-state index in [-0.39, 0.29) is 0 Å². The Morgan fingerprint density at radius 2 is 2.25 bits per heavy atom. The van der Waals surface area contributed by atoms with Crippen molar-refractivity contribution in [2.24, 2.45) is 5.92 Å². The highest BCUT2D eigenvalue weighted by Crippen LogP contribution is 2.35. The smallest absolute Gasteiger partial charge is 0.127 e. The summed E-state index contributed by atoms with van der Waals surface area (Å²) in [5, 5.41) is 3.51. The summed E-state index contributed by atoms with van der Waals surface area (Å²) in [7, 11) is 0. The number of benzene rings is 1. The van der Waals surface area contributed by atoms with Gasteiger partial charge in [0.15, 0.2) is 0 Å². The van der Waals surface area contributed by atoms with Gasteiger partial charge in [-0.15, -0.1) is 0 Å². The van der Waals surface area contributed by atoms with Crippen LogP contribution in [0, 0.1) is 5.92 Å². The molecule has 112 valence electrons. The van der Waals surface area contributed by atoms with Crippen molar-refractivity contribution in [2.45, 2.75) is 46.1 Å². The Kier molecular flexibility index (Phi) is 5.72. The van der Waals surface area contributed by atoms with Crippen LogP contribution in [0.2, 0.25) is 0 Å². The molecule has 1 N–H and O–H groups in total. The lowest BCUT2D eigenvalue weighted by molar-refractivity contribution is 0.292. The summed E-state index contributed by atoms with van der Waals surface area (Å²) < 4.78 is 11.5. The Balaban J connectivity index is 1.86. The van der Waals surface area contributed by atoms with Crippen LogP contribution in [-0.4, -0.2) is 19.8 Å². The Labute approximate surface area is 122 Å². The maximum absolute atomic E-state index is 5.80. The van der Waals surface area contributed by atoms with Gasteiger partial charge in [0.25, 0.3) is 0 Å². The summed E-state index contributed by atoms with van der Waals surface area (Å²) >= 11 is 0. The number of hydrogen-bond acceptors (Lipinski definition) is 3. The second-order valence-electron chi connectivity index (χ2n) is 5.90. The van der Waals surface area contributed by atoms with Crippen LogP contribution < -0.4 is 14.8 Å². The number of hydrogen-bond donors (Lipinski definition) is 1. The summed E-state index contributed by atoms with van der Waals surface area (Å²) in [5.41, 5.74) is 1.26.